The van der Waals surface area contributed by atoms with Crippen molar-refractivity contribution >= 4 is 29.9 Å². The van der Waals surface area contributed by atoms with Crippen molar-refractivity contribution in [1.29, 1.82) is 0 Å². The van der Waals surface area contributed by atoms with Crippen LogP contribution < -0.4 is 15.5 Å². The molecule has 1 aromatic carbocycles. The van der Waals surface area contributed by atoms with Crippen LogP contribution in [0, 0.1) is 0 Å². The van der Waals surface area contributed by atoms with Crippen molar-refractivity contribution in [1.82, 2.24) is 10.6 Å². The lowest BCUT2D eigenvalue weighted by molar-refractivity contribution is -0.137. The lowest BCUT2D eigenvalue weighted by atomic mass is 10.1. The fourth-order valence-corrected chi connectivity index (χ4v) is 2.55. The van der Waals surface area contributed by atoms with Crippen molar-refractivity contribution in [3.05, 3.63) is 29.3 Å². The number of nitrogens with zero attached hydrogens (tertiary/aromatic N) is 1. The normalized spacial score (nSPS) is 14.4. The Balaban J connectivity index is 0.00000312. The number of halogens is 4. The largest absolute Gasteiger partial charge is 0.416 e. The Morgan fingerprint density at radius 1 is 1.24 bits per heavy atom. The summed E-state index contributed by atoms with van der Waals surface area (Å²) >= 11 is 0. The Labute approximate surface area is 150 Å². The third-order valence-corrected chi connectivity index (χ3v) is 3.78. The molecule has 1 saturated heterocycles. The van der Waals surface area contributed by atoms with Gasteiger partial charge in [-0.1, -0.05) is 0 Å². The second-order valence-corrected chi connectivity index (χ2v) is 5.63. The number of hydrogen-bond acceptors (Lipinski definition) is 3. The topological polar surface area (TPSA) is 61.4 Å². The highest BCUT2D eigenvalue weighted by atomic mass is 35.5. The van der Waals surface area contributed by atoms with Gasteiger partial charge in [0.1, 0.15) is 0 Å². The first-order valence-electron chi connectivity index (χ1n) is 7.78. The highest BCUT2D eigenvalue weighted by Crippen LogP contribution is 2.34. The number of amides is 2. The highest BCUT2D eigenvalue weighted by molar-refractivity contribution is 5.99. The number of rotatable bonds is 6. The Morgan fingerprint density at radius 3 is 2.52 bits per heavy atom. The summed E-state index contributed by atoms with van der Waals surface area (Å²) in [5, 5.41) is 5.51. The Kier molecular flexibility index (Phi) is 7.69. The summed E-state index contributed by atoms with van der Waals surface area (Å²) < 4.78 is 39.3. The molecule has 9 heteroatoms. The molecular weight excluding hydrogens is 359 g/mol. The maximum Gasteiger partial charge on any atom is 0.416 e. The first-order chi connectivity index (χ1) is 11.3. The van der Waals surface area contributed by atoms with Crippen molar-refractivity contribution in [3.63, 3.8) is 0 Å². The first-order valence-corrected chi connectivity index (χ1v) is 7.78. The minimum atomic E-state index is -4.58. The minimum Gasteiger partial charge on any atom is -0.352 e. The smallest absolute Gasteiger partial charge is 0.352 e. The molecule has 1 heterocycles. The summed E-state index contributed by atoms with van der Waals surface area (Å²) in [5.74, 6) is -0.806. The van der Waals surface area contributed by atoms with Crippen molar-refractivity contribution in [2.45, 2.75) is 25.4 Å². The predicted molar refractivity (Wildman–Crippen MR) is 91.2 cm³/mol. The number of alkyl halides is 3. The molecule has 0 spiro atoms. The maximum absolute atomic E-state index is 13.1. The van der Waals surface area contributed by atoms with E-state index in [0.29, 0.717) is 38.9 Å². The third-order valence-electron chi connectivity index (χ3n) is 3.78. The van der Waals surface area contributed by atoms with Gasteiger partial charge in [0.15, 0.2) is 0 Å². The zero-order valence-corrected chi connectivity index (χ0v) is 14.6. The lowest BCUT2D eigenvalue weighted by Gasteiger charge is -2.19. The Bertz CT molecular complexity index is 623. The molecule has 0 atom stereocenters. The second-order valence-electron chi connectivity index (χ2n) is 5.63. The van der Waals surface area contributed by atoms with Gasteiger partial charge in [0, 0.05) is 30.8 Å². The summed E-state index contributed by atoms with van der Waals surface area (Å²) in [5.41, 5.74) is -0.906. The molecule has 0 aliphatic carbocycles. The van der Waals surface area contributed by atoms with Crippen LogP contribution in [-0.4, -0.2) is 38.5 Å². The zero-order valence-electron chi connectivity index (χ0n) is 13.8. The average molecular weight is 380 g/mol. The minimum absolute atomic E-state index is 0. The molecule has 2 amide bonds. The molecule has 1 aromatic rings. The van der Waals surface area contributed by atoms with Gasteiger partial charge in [-0.25, -0.2) is 0 Å². The van der Waals surface area contributed by atoms with Crippen LogP contribution in [0.25, 0.3) is 0 Å². The summed E-state index contributed by atoms with van der Waals surface area (Å²) in [6, 6.07) is 3.07. The van der Waals surface area contributed by atoms with Crippen LogP contribution in [-0.2, 0) is 11.0 Å². The standard InChI is InChI=1S/C16H20F3N3O2.ClH/c1-20-5-3-6-21-15(24)11-8-12(16(17,18)19)10-13(9-11)22-7-2-4-14(22)23;/h8-10,20H,2-7H2,1H3,(H,21,24);1H. The van der Waals surface area contributed by atoms with E-state index in [4.69, 9.17) is 0 Å². The van der Waals surface area contributed by atoms with E-state index in [1.807, 2.05) is 0 Å². The summed E-state index contributed by atoms with van der Waals surface area (Å²) in [6.45, 7) is 1.41. The van der Waals surface area contributed by atoms with Gasteiger partial charge in [0.25, 0.3) is 5.91 Å². The van der Waals surface area contributed by atoms with Crippen LogP contribution in [0.1, 0.15) is 35.2 Å². The van der Waals surface area contributed by atoms with Crippen LogP contribution in [0.15, 0.2) is 18.2 Å². The molecule has 140 valence electrons. The summed E-state index contributed by atoms with van der Waals surface area (Å²) in [4.78, 5) is 25.2. The number of anilines is 1. The molecule has 0 aromatic heterocycles. The van der Waals surface area contributed by atoms with E-state index in [-0.39, 0.29) is 29.6 Å². The van der Waals surface area contributed by atoms with Crippen LogP contribution in [0.3, 0.4) is 0 Å². The molecular formula is C16H21ClF3N3O2. The van der Waals surface area contributed by atoms with E-state index in [1.54, 1.807) is 7.05 Å². The van der Waals surface area contributed by atoms with E-state index < -0.39 is 17.6 Å². The van der Waals surface area contributed by atoms with Gasteiger partial charge in [-0.2, -0.15) is 13.2 Å². The second kappa shape index (κ2) is 9.05. The number of benzene rings is 1. The van der Waals surface area contributed by atoms with Crippen LogP contribution in [0.5, 0.6) is 0 Å². The quantitative estimate of drug-likeness (QED) is 0.747. The van der Waals surface area contributed by atoms with E-state index >= 15 is 0 Å². The Morgan fingerprint density at radius 2 is 1.96 bits per heavy atom. The van der Waals surface area contributed by atoms with E-state index in [0.717, 1.165) is 12.1 Å². The monoisotopic (exact) mass is 379 g/mol. The van der Waals surface area contributed by atoms with Gasteiger partial charge in [-0.3, -0.25) is 9.59 Å². The summed E-state index contributed by atoms with van der Waals surface area (Å²) in [7, 11) is 1.77. The maximum atomic E-state index is 13.1. The molecule has 2 N–H and O–H groups in total. The molecule has 0 bridgehead atoms. The van der Waals surface area contributed by atoms with Crippen LogP contribution in [0.2, 0.25) is 0 Å². The number of carbonyl (C=O) groups is 2. The molecule has 2 rings (SSSR count). The van der Waals surface area contributed by atoms with Gasteiger partial charge in [-0.15, -0.1) is 12.4 Å². The van der Waals surface area contributed by atoms with Gasteiger partial charge in [0.05, 0.1) is 5.56 Å². The van der Waals surface area contributed by atoms with Gasteiger partial charge in [0.2, 0.25) is 5.91 Å². The van der Waals surface area contributed by atoms with Crippen molar-refractivity contribution < 1.29 is 22.8 Å². The van der Waals surface area contributed by atoms with Crippen molar-refractivity contribution in [2.24, 2.45) is 0 Å². The zero-order chi connectivity index (χ0) is 17.7. The molecule has 5 nitrogen and oxygen atoms in total. The van der Waals surface area contributed by atoms with Crippen molar-refractivity contribution in [3.8, 4) is 0 Å². The van der Waals surface area contributed by atoms with Crippen LogP contribution >= 0.6 is 12.4 Å². The molecule has 0 unspecified atom stereocenters. The van der Waals surface area contributed by atoms with Gasteiger partial charge in [-0.05, 0) is 44.6 Å². The van der Waals surface area contributed by atoms with Gasteiger partial charge < -0.3 is 15.5 Å². The van der Waals surface area contributed by atoms with E-state index in [2.05, 4.69) is 10.6 Å². The lowest BCUT2D eigenvalue weighted by Crippen LogP contribution is -2.28. The van der Waals surface area contributed by atoms with Crippen LogP contribution in [0.4, 0.5) is 18.9 Å². The SMILES string of the molecule is CNCCCNC(=O)c1cc(N2CCCC2=O)cc(C(F)(F)F)c1.Cl. The molecule has 1 fully saturated rings. The number of carbonyl (C=O) groups excluding carboxylic acids is 2. The fourth-order valence-electron chi connectivity index (χ4n) is 2.55. The number of nitrogens with one attached hydrogen (secondary N) is 2. The van der Waals surface area contributed by atoms with Gasteiger partial charge >= 0.3 is 6.18 Å². The van der Waals surface area contributed by atoms with E-state index in [9.17, 15) is 22.8 Å². The first kappa shape index (κ1) is 21.2. The number of hydrogen-bond donors (Lipinski definition) is 2. The molecule has 1 aliphatic heterocycles. The Hall–Kier alpha value is -1.80. The predicted octanol–water partition coefficient (Wildman–Crippen LogP) is 2.59. The fraction of sp³-hybridized carbons (Fsp3) is 0.500. The summed E-state index contributed by atoms with van der Waals surface area (Å²) in [6.07, 6.45) is -3.01. The molecule has 1 aliphatic rings. The van der Waals surface area contributed by atoms with Crippen molar-refractivity contribution in [2.75, 3.05) is 31.6 Å². The third kappa shape index (κ3) is 5.61. The average Bonchev–Trinajstić information content (AvgIpc) is 2.96. The molecule has 0 saturated carbocycles. The highest BCUT2D eigenvalue weighted by Gasteiger charge is 2.33. The molecule has 25 heavy (non-hydrogen) atoms. The molecule has 0 radical (unpaired) electrons. The van der Waals surface area contributed by atoms with E-state index in [1.165, 1.54) is 11.0 Å².